The van der Waals surface area contributed by atoms with E-state index in [-0.39, 0.29) is 63.0 Å². The smallest absolute Gasteiger partial charge is 0.410 e. The Kier molecular flexibility index (Phi) is 23.3. The zero-order valence-corrected chi connectivity index (χ0v) is 44.3. The molecule has 13 heteroatoms. The molecule has 1 saturated heterocycles. The molecule has 2 aliphatic carbocycles. The van der Waals surface area contributed by atoms with Crippen LogP contribution >= 0.6 is 11.8 Å². The van der Waals surface area contributed by atoms with Gasteiger partial charge in [0.15, 0.2) is 0 Å². The number of aliphatic hydroxyl groups excluding tert-OH is 2. The zero-order chi connectivity index (χ0) is 51.1. The lowest BCUT2D eigenvalue weighted by Crippen LogP contribution is -2.70. The number of nitrogens with zero attached hydrogens (tertiary/aromatic N) is 2. The minimum absolute atomic E-state index is 0.0358. The van der Waals surface area contributed by atoms with Gasteiger partial charge in [-0.25, -0.2) is 9.18 Å². The van der Waals surface area contributed by atoms with Gasteiger partial charge in [0.25, 0.3) is 0 Å². The molecule has 1 amide bonds. The van der Waals surface area contributed by atoms with E-state index in [0.29, 0.717) is 43.9 Å². The molecule has 7 atom stereocenters. The first-order valence-corrected chi connectivity index (χ1v) is 28.7. The zero-order valence-electron chi connectivity index (χ0n) is 43.5. The number of allylic oxidation sites excluding steroid dienone is 1. The third-order valence-corrected chi connectivity index (χ3v) is 16.0. The minimum atomic E-state index is -1.49. The number of thioether (sulfide) groups is 1. The Labute approximate surface area is 439 Å². The number of aliphatic hydroxyl groups is 2. The van der Waals surface area contributed by atoms with Gasteiger partial charge in [0.05, 0.1) is 38.1 Å². The topological polar surface area (TPSA) is 129 Å². The van der Waals surface area contributed by atoms with Gasteiger partial charge >= 0.3 is 6.09 Å². The van der Waals surface area contributed by atoms with Crippen molar-refractivity contribution in [3.8, 4) is 11.5 Å². The lowest BCUT2D eigenvalue weighted by atomic mass is 9.55. The molecule has 0 aromatic heterocycles. The number of amides is 1. The van der Waals surface area contributed by atoms with Crippen LogP contribution in [0.5, 0.6) is 11.5 Å². The number of oxime groups is 1. The van der Waals surface area contributed by atoms with Crippen LogP contribution in [0, 0.1) is 23.6 Å². The highest BCUT2D eigenvalue weighted by atomic mass is 32.2. The number of carbonyl (C=O) groups excluding carboxylic acids is 1. The first-order chi connectivity index (χ1) is 35.9. The van der Waals surface area contributed by atoms with Crippen molar-refractivity contribution in [2.45, 2.75) is 171 Å². The van der Waals surface area contributed by atoms with Crippen molar-refractivity contribution in [1.82, 2.24) is 4.90 Å². The summed E-state index contributed by atoms with van der Waals surface area (Å²) in [7, 11) is 0. The Hall–Kier alpha value is -4.40. The summed E-state index contributed by atoms with van der Waals surface area (Å²) in [5.74, 6) is -0.393. The Morgan fingerprint density at radius 1 is 0.890 bits per heavy atom. The van der Waals surface area contributed by atoms with Crippen molar-refractivity contribution >= 4 is 23.6 Å². The van der Waals surface area contributed by atoms with E-state index in [9.17, 15) is 14.6 Å². The van der Waals surface area contributed by atoms with E-state index in [2.05, 4.69) is 37.8 Å². The minimum Gasteiger partial charge on any atom is -0.493 e. The van der Waals surface area contributed by atoms with E-state index in [4.69, 9.17) is 33.7 Å². The van der Waals surface area contributed by atoms with E-state index in [0.717, 1.165) is 86.0 Å². The molecule has 1 saturated carbocycles. The fourth-order valence-electron chi connectivity index (χ4n) is 11.4. The van der Waals surface area contributed by atoms with Gasteiger partial charge in [-0.05, 0) is 110 Å². The maximum absolute atomic E-state index is 15.1. The van der Waals surface area contributed by atoms with Crippen molar-refractivity contribution in [1.29, 1.82) is 0 Å². The maximum atomic E-state index is 15.1. The van der Waals surface area contributed by atoms with E-state index >= 15 is 4.79 Å². The normalized spacial score (nSPS) is 23.7. The number of halogens is 1. The molecule has 3 aromatic carbocycles. The Morgan fingerprint density at radius 2 is 1.63 bits per heavy atom. The van der Waals surface area contributed by atoms with Crippen LogP contribution in [-0.4, -0.2) is 90.4 Å². The molecule has 2 heterocycles. The van der Waals surface area contributed by atoms with Crippen molar-refractivity contribution in [3.05, 3.63) is 114 Å². The molecule has 73 heavy (non-hydrogen) atoms. The molecule has 0 radical (unpaired) electrons. The predicted molar refractivity (Wildman–Crippen MR) is 287 cm³/mol. The van der Waals surface area contributed by atoms with Gasteiger partial charge in [-0.2, -0.15) is 0 Å². The number of hydrogen-bond acceptors (Lipinski definition) is 11. The van der Waals surface area contributed by atoms with Gasteiger partial charge in [0, 0.05) is 54.7 Å². The molecule has 7 rings (SSSR count). The molecule has 7 unspecified atom stereocenters. The number of carbonyl (C=O) groups is 1. The van der Waals surface area contributed by atoms with Gasteiger partial charge < -0.3 is 38.7 Å². The van der Waals surface area contributed by atoms with E-state index in [1.165, 1.54) is 62.0 Å². The SMILES string of the molecule is C=CCOC12Oc3ccc(OCCSc4ccccc4)cc3C3C(CCCCO)C(CCCCO)C=C(C(=NOC4CCCCO4)CC1N(Cc1ccc(F)cc1)C(=O)OCCCCCCCCCCCC)C32. The van der Waals surface area contributed by atoms with Gasteiger partial charge in [0.2, 0.25) is 12.1 Å². The molecule has 400 valence electrons. The van der Waals surface area contributed by atoms with Gasteiger partial charge in [-0.15, -0.1) is 18.3 Å². The van der Waals surface area contributed by atoms with Crippen LogP contribution in [0.2, 0.25) is 0 Å². The summed E-state index contributed by atoms with van der Waals surface area (Å²) in [6.07, 6.45) is 22.0. The van der Waals surface area contributed by atoms with Crippen LogP contribution in [0.1, 0.15) is 152 Å². The van der Waals surface area contributed by atoms with Gasteiger partial charge in [0.1, 0.15) is 23.4 Å². The van der Waals surface area contributed by atoms with Crippen molar-refractivity contribution in [3.63, 3.8) is 0 Å². The van der Waals surface area contributed by atoms with Crippen LogP contribution in [0.15, 0.2) is 107 Å². The third kappa shape index (κ3) is 15.8. The summed E-state index contributed by atoms with van der Waals surface area (Å²) in [4.78, 5) is 24.3. The molecule has 11 nitrogen and oxygen atoms in total. The maximum Gasteiger partial charge on any atom is 0.410 e. The van der Waals surface area contributed by atoms with E-state index < -0.39 is 30.1 Å². The van der Waals surface area contributed by atoms with Gasteiger partial charge in [-0.3, -0.25) is 4.90 Å². The molecule has 4 aliphatic rings. The monoisotopic (exact) mass is 1030 g/mol. The van der Waals surface area contributed by atoms with Crippen LogP contribution in [0.25, 0.3) is 0 Å². The standard InChI is InChI=1S/C60H83FN2O9S/c1-3-5-6-7-8-9-10-11-12-21-38-69-59(66)63(44-45-28-30-47(61)31-29-45)55-43-53(62-72-56-27-18-22-37-68-56)51-41-46(23-16-19-34-64)50(26-17-20-35-65)57-52-42-48(67-39-40-73-49-24-14-13-15-25-49)32-33-54(52)71-60(55,58(51)57)70-36-4-2/h4,13-15,24-25,28-33,41-42,46,50,55-58,64-65H,2-3,5-12,16-23,26-27,34-40,43-44H2,1H3. The molecule has 0 bridgehead atoms. The number of rotatable bonds is 32. The van der Waals surface area contributed by atoms with Crippen LogP contribution in [0.4, 0.5) is 9.18 Å². The molecule has 0 spiro atoms. The predicted octanol–water partition coefficient (Wildman–Crippen LogP) is 13.7. The number of benzene rings is 3. The number of unbranched alkanes of at least 4 members (excludes halogenated alkanes) is 11. The average Bonchev–Trinajstić information content (AvgIpc) is 3.41. The molecular weight excluding hydrogens is 944 g/mol. The molecular formula is C60H83FN2O9S. The lowest BCUT2D eigenvalue weighted by molar-refractivity contribution is -0.256. The molecule has 2 fully saturated rings. The first-order valence-electron chi connectivity index (χ1n) is 27.7. The quantitative estimate of drug-likeness (QED) is 0.0270. The lowest BCUT2D eigenvalue weighted by Gasteiger charge is -2.60. The number of hydrogen-bond donors (Lipinski definition) is 2. The van der Waals surface area contributed by atoms with Gasteiger partial charge in [-0.1, -0.05) is 125 Å². The van der Waals surface area contributed by atoms with Crippen LogP contribution in [-0.2, 0) is 25.6 Å². The second kappa shape index (κ2) is 30.2. The molecule has 2 N–H and O–H groups in total. The summed E-state index contributed by atoms with van der Waals surface area (Å²) in [6.45, 7) is 8.06. The first kappa shape index (κ1) is 56.3. The highest BCUT2D eigenvalue weighted by Crippen LogP contribution is 2.62. The summed E-state index contributed by atoms with van der Waals surface area (Å²) < 4.78 is 48.1. The third-order valence-electron chi connectivity index (χ3n) is 15.0. The highest BCUT2D eigenvalue weighted by Gasteiger charge is 2.66. The molecule has 2 aliphatic heterocycles. The van der Waals surface area contributed by atoms with E-state index in [1.54, 1.807) is 34.9 Å². The second-order valence-corrected chi connectivity index (χ2v) is 21.4. The fourth-order valence-corrected chi connectivity index (χ4v) is 12.2. The Bertz CT molecular complexity index is 2170. The summed E-state index contributed by atoms with van der Waals surface area (Å²) in [5, 5.41) is 25.2. The fraction of sp³-hybridized carbons (Fsp3) is 0.600. The summed E-state index contributed by atoms with van der Waals surface area (Å²) in [6, 6.07) is 21.8. The van der Waals surface area contributed by atoms with Crippen LogP contribution in [0.3, 0.4) is 0 Å². The molecule has 3 aromatic rings. The average molecular weight is 1030 g/mol. The Morgan fingerprint density at radius 3 is 2.34 bits per heavy atom. The number of fused-ring (bicyclic) bond motifs is 2. The number of ether oxygens (including phenoxy) is 5. The van der Waals surface area contributed by atoms with E-state index in [1.807, 2.05) is 30.3 Å². The highest BCUT2D eigenvalue weighted by molar-refractivity contribution is 7.99. The van der Waals surface area contributed by atoms with Crippen molar-refractivity contribution in [2.75, 3.05) is 45.4 Å². The Balaban J connectivity index is 1.30. The van der Waals surface area contributed by atoms with Crippen LogP contribution < -0.4 is 9.47 Å². The van der Waals surface area contributed by atoms with Crippen molar-refractivity contribution in [2.24, 2.45) is 22.9 Å². The summed E-state index contributed by atoms with van der Waals surface area (Å²) >= 11 is 1.74. The second-order valence-electron chi connectivity index (χ2n) is 20.2. The summed E-state index contributed by atoms with van der Waals surface area (Å²) in [5.41, 5.74) is 3.31. The van der Waals surface area contributed by atoms with Crippen molar-refractivity contribution < 1.29 is 47.9 Å². The largest absolute Gasteiger partial charge is 0.493 e.